The summed E-state index contributed by atoms with van der Waals surface area (Å²) < 4.78 is 4.89. The number of esters is 1. The standard InChI is InChI=1S/C20H15N3O3/c1-2-26-20(25)16-7-9-18(10-8-16)23-19(24)17(13-22)11-14-3-5-15(12-21)6-4-14/h3-11H,2H2,1H3,(H,23,24)/b17-11+. The van der Waals surface area contributed by atoms with Crippen LogP contribution in [0.4, 0.5) is 5.69 Å². The highest BCUT2D eigenvalue weighted by atomic mass is 16.5. The Labute approximate surface area is 150 Å². The molecule has 2 aromatic rings. The fraction of sp³-hybridized carbons (Fsp3) is 0.100. The Kier molecular flexibility index (Phi) is 6.25. The normalized spacial score (nSPS) is 10.3. The molecule has 0 aliphatic heterocycles. The van der Waals surface area contributed by atoms with E-state index < -0.39 is 11.9 Å². The van der Waals surface area contributed by atoms with Crippen molar-refractivity contribution in [3.63, 3.8) is 0 Å². The lowest BCUT2D eigenvalue weighted by atomic mass is 10.1. The number of nitriles is 2. The first-order valence-electron chi connectivity index (χ1n) is 7.78. The molecule has 128 valence electrons. The van der Waals surface area contributed by atoms with Gasteiger partial charge in [0, 0.05) is 5.69 Å². The molecule has 0 aliphatic carbocycles. The Balaban J connectivity index is 2.11. The summed E-state index contributed by atoms with van der Waals surface area (Å²) in [7, 11) is 0. The molecule has 0 bridgehead atoms. The zero-order chi connectivity index (χ0) is 18.9. The molecule has 0 fully saturated rings. The fourth-order valence-electron chi connectivity index (χ4n) is 2.07. The van der Waals surface area contributed by atoms with Crippen LogP contribution < -0.4 is 5.32 Å². The van der Waals surface area contributed by atoms with Gasteiger partial charge in [0.15, 0.2) is 0 Å². The number of ether oxygens (including phenoxy) is 1. The molecule has 0 aromatic heterocycles. The molecule has 0 unspecified atom stereocenters. The second-order valence-corrected chi connectivity index (χ2v) is 5.16. The SMILES string of the molecule is CCOC(=O)c1ccc(NC(=O)/C(C#N)=C/c2ccc(C#N)cc2)cc1. The number of benzene rings is 2. The Hall–Kier alpha value is -3.90. The summed E-state index contributed by atoms with van der Waals surface area (Å²) in [4.78, 5) is 23.8. The third-order valence-electron chi connectivity index (χ3n) is 3.37. The van der Waals surface area contributed by atoms with Gasteiger partial charge in [-0.05, 0) is 55.0 Å². The molecule has 0 aliphatic rings. The van der Waals surface area contributed by atoms with Crippen molar-refractivity contribution in [3.05, 3.63) is 70.8 Å². The van der Waals surface area contributed by atoms with E-state index in [-0.39, 0.29) is 12.2 Å². The van der Waals surface area contributed by atoms with E-state index in [1.54, 1.807) is 43.3 Å². The van der Waals surface area contributed by atoms with Crippen LogP contribution in [-0.2, 0) is 9.53 Å². The summed E-state index contributed by atoms with van der Waals surface area (Å²) in [5, 5.41) is 20.6. The predicted octanol–water partition coefficient (Wildman–Crippen LogP) is 3.28. The van der Waals surface area contributed by atoms with Crippen molar-refractivity contribution in [1.29, 1.82) is 10.5 Å². The van der Waals surface area contributed by atoms with Crippen molar-refractivity contribution in [1.82, 2.24) is 0 Å². The molecule has 0 atom stereocenters. The maximum atomic E-state index is 12.2. The molecule has 0 saturated heterocycles. The van der Waals surface area contributed by atoms with Crippen LogP contribution in [-0.4, -0.2) is 18.5 Å². The number of carbonyl (C=O) groups is 2. The number of hydrogen-bond acceptors (Lipinski definition) is 5. The van der Waals surface area contributed by atoms with Crippen LogP contribution in [0.5, 0.6) is 0 Å². The topological polar surface area (TPSA) is 103 Å². The summed E-state index contributed by atoms with van der Waals surface area (Å²) >= 11 is 0. The molecule has 26 heavy (non-hydrogen) atoms. The van der Waals surface area contributed by atoms with E-state index in [2.05, 4.69) is 5.32 Å². The van der Waals surface area contributed by atoms with Gasteiger partial charge in [0.05, 0.1) is 23.8 Å². The number of rotatable bonds is 5. The lowest BCUT2D eigenvalue weighted by Crippen LogP contribution is -2.13. The molecule has 0 radical (unpaired) electrons. The average Bonchev–Trinajstić information content (AvgIpc) is 2.67. The van der Waals surface area contributed by atoms with E-state index in [9.17, 15) is 14.9 Å². The number of hydrogen-bond donors (Lipinski definition) is 1. The Morgan fingerprint density at radius 3 is 2.27 bits per heavy atom. The van der Waals surface area contributed by atoms with Crippen molar-refractivity contribution >= 4 is 23.6 Å². The van der Waals surface area contributed by atoms with E-state index in [0.717, 1.165) is 0 Å². The van der Waals surface area contributed by atoms with Gasteiger partial charge in [-0.1, -0.05) is 12.1 Å². The van der Waals surface area contributed by atoms with Gasteiger partial charge < -0.3 is 10.1 Å². The lowest BCUT2D eigenvalue weighted by Gasteiger charge is -2.06. The highest BCUT2D eigenvalue weighted by molar-refractivity contribution is 6.09. The molecule has 0 spiro atoms. The fourth-order valence-corrected chi connectivity index (χ4v) is 2.07. The molecule has 2 aromatic carbocycles. The summed E-state index contributed by atoms with van der Waals surface area (Å²) in [5.41, 5.74) is 1.87. The minimum absolute atomic E-state index is 0.0795. The van der Waals surface area contributed by atoms with Crippen LogP contribution >= 0.6 is 0 Å². The van der Waals surface area contributed by atoms with E-state index >= 15 is 0 Å². The number of nitrogens with zero attached hydrogens (tertiary/aromatic N) is 2. The number of carbonyl (C=O) groups excluding carboxylic acids is 2. The third kappa shape index (κ3) is 4.80. The first-order valence-corrected chi connectivity index (χ1v) is 7.78. The van der Waals surface area contributed by atoms with Gasteiger partial charge >= 0.3 is 5.97 Å². The zero-order valence-electron chi connectivity index (χ0n) is 14.0. The molecule has 1 amide bonds. The average molecular weight is 345 g/mol. The first kappa shape index (κ1) is 18.4. The maximum Gasteiger partial charge on any atom is 0.338 e. The maximum absolute atomic E-state index is 12.2. The number of anilines is 1. The number of nitrogens with one attached hydrogen (secondary N) is 1. The van der Waals surface area contributed by atoms with Gasteiger partial charge in [0.2, 0.25) is 0 Å². The zero-order valence-corrected chi connectivity index (χ0v) is 14.0. The van der Waals surface area contributed by atoms with Crippen molar-refractivity contribution < 1.29 is 14.3 Å². The molecular formula is C20H15N3O3. The molecule has 0 saturated carbocycles. The Morgan fingerprint density at radius 2 is 1.73 bits per heavy atom. The summed E-state index contributed by atoms with van der Waals surface area (Å²) in [6.07, 6.45) is 1.43. The predicted molar refractivity (Wildman–Crippen MR) is 95.8 cm³/mol. The second-order valence-electron chi connectivity index (χ2n) is 5.16. The van der Waals surface area contributed by atoms with Crippen LogP contribution in [0.25, 0.3) is 6.08 Å². The summed E-state index contributed by atoms with van der Waals surface area (Å²) in [6, 6.07) is 16.5. The quantitative estimate of drug-likeness (QED) is 0.509. The molecule has 1 N–H and O–H groups in total. The van der Waals surface area contributed by atoms with Gasteiger partial charge in [-0.3, -0.25) is 4.79 Å². The Bertz CT molecular complexity index is 915. The van der Waals surface area contributed by atoms with Gasteiger partial charge in [-0.15, -0.1) is 0 Å². The lowest BCUT2D eigenvalue weighted by molar-refractivity contribution is -0.112. The van der Waals surface area contributed by atoms with Gasteiger partial charge in [0.1, 0.15) is 11.6 Å². The van der Waals surface area contributed by atoms with Crippen molar-refractivity contribution in [3.8, 4) is 12.1 Å². The largest absolute Gasteiger partial charge is 0.462 e. The van der Waals surface area contributed by atoms with Crippen molar-refractivity contribution in [2.24, 2.45) is 0 Å². The van der Waals surface area contributed by atoms with Gasteiger partial charge in [-0.2, -0.15) is 10.5 Å². The second kappa shape index (κ2) is 8.81. The minimum Gasteiger partial charge on any atom is -0.462 e. The van der Waals surface area contributed by atoms with Crippen LogP contribution in [0.15, 0.2) is 54.1 Å². The van der Waals surface area contributed by atoms with Crippen LogP contribution in [0.1, 0.15) is 28.4 Å². The molecule has 6 nitrogen and oxygen atoms in total. The summed E-state index contributed by atoms with van der Waals surface area (Å²) in [5.74, 6) is -1.01. The van der Waals surface area contributed by atoms with Crippen LogP contribution in [0.2, 0.25) is 0 Å². The van der Waals surface area contributed by atoms with Crippen LogP contribution in [0, 0.1) is 22.7 Å². The molecule has 6 heteroatoms. The monoisotopic (exact) mass is 345 g/mol. The van der Waals surface area contributed by atoms with Gasteiger partial charge in [0.25, 0.3) is 5.91 Å². The Morgan fingerprint density at radius 1 is 1.08 bits per heavy atom. The first-order chi connectivity index (χ1) is 12.6. The van der Waals surface area contributed by atoms with E-state index in [1.165, 1.54) is 18.2 Å². The molecular weight excluding hydrogens is 330 g/mol. The van der Waals surface area contributed by atoms with Crippen molar-refractivity contribution in [2.75, 3.05) is 11.9 Å². The number of amides is 1. The highest BCUT2D eigenvalue weighted by Gasteiger charge is 2.11. The van der Waals surface area contributed by atoms with Crippen molar-refractivity contribution in [2.45, 2.75) is 6.92 Å². The van der Waals surface area contributed by atoms with E-state index in [0.29, 0.717) is 22.4 Å². The third-order valence-corrected chi connectivity index (χ3v) is 3.37. The van der Waals surface area contributed by atoms with E-state index in [4.69, 9.17) is 10.00 Å². The molecule has 0 heterocycles. The van der Waals surface area contributed by atoms with Gasteiger partial charge in [-0.25, -0.2) is 4.79 Å². The highest BCUT2D eigenvalue weighted by Crippen LogP contribution is 2.14. The minimum atomic E-state index is -0.569. The summed E-state index contributed by atoms with van der Waals surface area (Å²) in [6.45, 7) is 2.00. The van der Waals surface area contributed by atoms with Crippen LogP contribution in [0.3, 0.4) is 0 Å². The van der Waals surface area contributed by atoms with E-state index in [1.807, 2.05) is 12.1 Å². The smallest absolute Gasteiger partial charge is 0.338 e. The molecule has 2 rings (SSSR count).